The SMILES string of the molecule is Cl.Cl.N#Cc1ccc[c]([Pd])c1C#N. The Morgan fingerprint density at radius 3 is 2.08 bits per heavy atom. The van der Waals surface area contributed by atoms with Crippen molar-refractivity contribution in [2.24, 2.45) is 0 Å². The molecule has 0 spiro atoms. The Balaban J connectivity index is 0. The molecule has 13 heavy (non-hydrogen) atoms. The second-order valence-electron chi connectivity index (χ2n) is 1.85. The minimum absolute atomic E-state index is 0. The topological polar surface area (TPSA) is 47.6 Å². The molecule has 0 N–H and O–H groups in total. The Hall–Kier alpha value is -0.558. The van der Waals surface area contributed by atoms with Crippen LogP contribution >= 0.6 is 24.8 Å². The van der Waals surface area contributed by atoms with Gasteiger partial charge in [0.15, 0.2) is 0 Å². The van der Waals surface area contributed by atoms with E-state index in [-0.39, 0.29) is 24.8 Å². The van der Waals surface area contributed by atoms with E-state index in [2.05, 4.69) is 19.2 Å². The Labute approximate surface area is 99.8 Å². The van der Waals surface area contributed by atoms with E-state index in [1.54, 1.807) is 18.2 Å². The van der Waals surface area contributed by atoms with Gasteiger partial charge in [0.1, 0.15) is 0 Å². The second-order valence-corrected chi connectivity index (χ2v) is 2.69. The van der Waals surface area contributed by atoms with E-state index in [4.69, 9.17) is 10.5 Å². The van der Waals surface area contributed by atoms with E-state index < -0.39 is 0 Å². The molecule has 0 unspecified atom stereocenters. The maximum absolute atomic E-state index is 8.61. The monoisotopic (exact) mass is 305 g/mol. The van der Waals surface area contributed by atoms with Crippen LogP contribution in [-0.4, -0.2) is 0 Å². The predicted octanol–water partition coefficient (Wildman–Crippen LogP) is 1.45. The number of halogens is 2. The first-order valence-electron chi connectivity index (χ1n) is 2.85. The standard InChI is InChI=1S/C8H3N2.2ClH.Pd/c9-5-7-3-1-2-4-8(7)6-10;;;/h1-3H;2*1H;. The van der Waals surface area contributed by atoms with Crippen LogP contribution in [0, 0.1) is 22.7 Å². The molecule has 0 bridgehead atoms. The van der Waals surface area contributed by atoms with Crippen molar-refractivity contribution < 1.29 is 19.2 Å². The third-order valence-electron chi connectivity index (χ3n) is 1.22. The molecule has 0 aromatic heterocycles. The molecule has 0 aliphatic carbocycles. The summed E-state index contributed by atoms with van der Waals surface area (Å²) in [5, 5.41) is 17.2. The summed E-state index contributed by atoms with van der Waals surface area (Å²) < 4.78 is 0.703. The summed E-state index contributed by atoms with van der Waals surface area (Å²) in [7, 11) is 0. The zero-order valence-corrected chi connectivity index (χ0v) is 9.45. The van der Waals surface area contributed by atoms with E-state index in [1.165, 1.54) is 0 Å². The van der Waals surface area contributed by atoms with Crippen LogP contribution in [0.3, 0.4) is 0 Å². The molecule has 0 fully saturated rings. The van der Waals surface area contributed by atoms with Gasteiger partial charge in [-0.3, -0.25) is 0 Å². The van der Waals surface area contributed by atoms with Crippen molar-refractivity contribution in [2.45, 2.75) is 0 Å². The summed E-state index contributed by atoms with van der Waals surface area (Å²) in [5.74, 6) is 0. The fourth-order valence-corrected chi connectivity index (χ4v) is 1.16. The molecule has 1 aromatic rings. The Morgan fingerprint density at radius 1 is 1.08 bits per heavy atom. The van der Waals surface area contributed by atoms with Gasteiger partial charge in [0.2, 0.25) is 0 Å². The summed E-state index contributed by atoms with van der Waals surface area (Å²) >= 11 is 2.90. The van der Waals surface area contributed by atoms with Crippen LogP contribution in [0.2, 0.25) is 0 Å². The Morgan fingerprint density at radius 2 is 1.69 bits per heavy atom. The first-order chi connectivity index (χ1) is 5.29. The average molecular weight is 306 g/mol. The van der Waals surface area contributed by atoms with Crippen molar-refractivity contribution in [2.75, 3.05) is 0 Å². The summed E-state index contributed by atoms with van der Waals surface area (Å²) in [6.07, 6.45) is 0. The van der Waals surface area contributed by atoms with E-state index >= 15 is 0 Å². The molecule has 2 nitrogen and oxygen atoms in total. The first kappa shape index (κ1) is 14.9. The molecular formula is C8H5Cl2N2Pd. The van der Waals surface area contributed by atoms with E-state index in [1.807, 2.05) is 12.1 Å². The molecule has 1 aromatic carbocycles. The van der Waals surface area contributed by atoms with Gasteiger partial charge < -0.3 is 0 Å². The number of hydrogen-bond acceptors (Lipinski definition) is 2. The molecule has 0 aliphatic rings. The third kappa shape index (κ3) is 3.35. The van der Waals surface area contributed by atoms with Gasteiger partial charge in [-0.05, 0) is 0 Å². The van der Waals surface area contributed by atoms with Gasteiger partial charge in [-0.25, -0.2) is 0 Å². The van der Waals surface area contributed by atoms with E-state index in [9.17, 15) is 0 Å². The van der Waals surface area contributed by atoms with Crippen LogP contribution in [0.15, 0.2) is 18.2 Å². The van der Waals surface area contributed by atoms with Gasteiger partial charge in [0.05, 0.1) is 0 Å². The summed E-state index contributed by atoms with van der Waals surface area (Å²) in [6.45, 7) is 0. The zero-order chi connectivity index (χ0) is 8.27. The van der Waals surface area contributed by atoms with Crippen molar-refractivity contribution in [1.29, 1.82) is 10.5 Å². The number of nitriles is 2. The minimum atomic E-state index is 0. The van der Waals surface area contributed by atoms with Gasteiger partial charge in [0.25, 0.3) is 0 Å². The van der Waals surface area contributed by atoms with Crippen LogP contribution in [0.5, 0.6) is 0 Å². The second kappa shape index (κ2) is 6.90. The van der Waals surface area contributed by atoms with Crippen LogP contribution in [0.25, 0.3) is 0 Å². The third-order valence-corrected chi connectivity index (χ3v) is 1.87. The van der Waals surface area contributed by atoms with Gasteiger partial charge in [0, 0.05) is 0 Å². The van der Waals surface area contributed by atoms with Gasteiger partial charge in [-0.15, -0.1) is 24.8 Å². The molecule has 71 valence electrons. The predicted molar refractivity (Wildman–Crippen MR) is 50.0 cm³/mol. The molecule has 0 saturated carbocycles. The normalized spacial score (nSPS) is 7.08. The van der Waals surface area contributed by atoms with Crippen LogP contribution in [0.1, 0.15) is 11.1 Å². The van der Waals surface area contributed by atoms with Crippen molar-refractivity contribution in [1.82, 2.24) is 0 Å². The molecule has 0 amide bonds. The van der Waals surface area contributed by atoms with Gasteiger partial charge in [-0.1, -0.05) is 0 Å². The van der Waals surface area contributed by atoms with Crippen LogP contribution < -0.4 is 4.04 Å². The fourth-order valence-electron chi connectivity index (χ4n) is 0.713. The number of hydrogen-bond donors (Lipinski definition) is 0. The van der Waals surface area contributed by atoms with Crippen molar-refractivity contribution >= 4 is 28.9 Å². The number of benzene rings is 1. The average Bonchev–Trinajstić information content (AvgIpc) is 2.04. The Kier molecular flexibility index (Phi) is 7.94. The van der Waals surface area contributed by atoms with Crippen molar-refractivity contribution in [3.63, 3.8) is 0 Å². The van der Waals surface area contributed by atoms with Crippen molar-refractivity contribution in [3.8, 4) is 12.1 Å². The molecular weight excluding hydrogens is 301 g/mol. The molecule has 1 rings (SSSR count). The zero-order valence-electron chi connectivity index (χ0n) is 6.26. The molecule has 0 aliphatic heterocycles. The first-order valence-corrected chi connectivity index (χ1v) is 3.63. The van der Waals surface area contributed by atoms with E-state index in [0.717, 1.165) is 0 Å². The summed E-state index contributed by atoms with van der Waals surface area (Å²) in [4.78, 5) is 0. The molecule has 5 heteroatoms. The molecule has 0 atom stereocenters. The number of nitrogens with zero attached hydrogens (tertiary/aromatic N) is 2. The van der Waals surface area contributed by atoms with Crippen LogP contribution in [0.4, 0.5) is 0 Å². The molecule has 0 heterocycles. The molecule has 0 saturated heterocycles. The fraction of sp³-hybridized carbons (Fsp3) is 0. The number of rotatable bonds is 0. The quantitative estimate of drug-likeness (QED) is 0.681. The Bertz CT molecular complexity index is 365. The van der Waals surface area contributed by atoms with Crippen molar-refractivity contribution in [3.05, 3.63) is 29.3 Å². The van der Waals surface area contributed by atoms with Gasteiger partial charge in [-0.2, -0.15) is 0 Å². The molecule has 0 radical (unpaired) electrons. The van der Waals surface area contributed by atoms with Gasteiger partial charge >= 0.3 is 75.2 Å². The summed E-state index contributed by atoms with van der Waals surface area (Å²) in [5.41, 5.74) is 0.829. The van der Waals surface area contributed by atoms with E-state index in [0.29, 0.717) is 15.2 Å². The summed E-state index contributed by atoms with van der Waals surface area (Å²) in [6, 6.07) is 9.00. The van der Waals surface area contributed by atoms with Crippen LogP contribution in [-0.2, 0) is 19.2 Å². The maximum atomic E-state index is 8.61.